The first-order chi connectivity index (χ1) is 12.3. The summed E-state index contributed by atoms with van der Waals surface area (Å²) in [5, 5.41) is 11.9. The summed E-state index contributed by atoms with van der Waals surface area (Å²) >= 11 is 6.91. The number of ether oxygens (including phenoxy) is 1. The SMILES string of the molecule is NC(=O)c1cc(F)c(OCc2c(C(=O)[O-])sc3cncc(Cl)c23)c(F)c1.[Li+]. The van der Waals surface area contributed by atoms with Crippen molar-refractivity contribution in [1.82, 2.24) is 4.98 Å². The van der Waals surface area contributed by atoms with Crippen LogP contribution in [0.25, 0.3) is 10.1 Å². The molecule has 2 heterocycles. The van der Waals surface area contributed by atoms with Crippen molar-refractivity contribution in [2.24, 2.45) is 5.73 Å². The average Bonchev–Trinajstić information content (AvgIpc) is 2.94. The number of aromatic carboxylic acids is 1. The summed E-state index contributed by atoms with van der Waals surface area (Å²) in [7, 11) is 0. The number of carbonyl (C=O) groups is 2. The van der Waals surface area contributed by atoms with E-state index in [0.717, 1.165) is 23.5 Å². The third-order valence-corrected chi connectivity index (χ3v) is 4.92. The van der Waals surface area contributed by atoms with Crippen LogP contribution in [-0.4, -0.2) is 16.9 Å². The van der Waals surface area contributed by atoms with Crippen molar-refractivity contribution in [3.63, 3.8) is 0 Å². The van der Waals surface area contributed by atoms with E-state index >= 15 is 0 Å². The third kappa shape index (κ3) is 4.06. The molecule has 0 aliphatic carbocycles. The second-order valence-electron chi connectivity index (χ2n) is 5.11. The zero-order chi connectivity index (χ0) is 19.0. The maximum absolute atomic E-state index is 14.0. The summed E-state index contributed by atoms with van der Waals surface area (Å²) in [6.07, 6.45) is 2.71. The Morgan fingerprint density at radius 3 is 2.44 bits per heavy atom. The molecule has 11 heteroatoms. The molecule has 134 valence electrons. The monoisotopic (exact) mass is 404 g/mol. The van der Waals surface area contributed by atoms with Gasteiger partial charge >= 0.3 is 18.9 Å². The first-order valence-corrected chi connectivity index (χ1v) is 8.17. The van der Waals surface area contributed by atoms with Crippen LogP contribution in [0.15, 0.2) is 24.5 Å². The molecule has 0 atom stereocenters. The van der Waals surface area contributed by atoms with Gasteiger partial charge in [0.05, 0.1) is 20.6 Å². The normalized spacial score (nSPS) is 10.5. The number of hydrogen-bond donors (Lipinski definition) is 1. The third-order valence-electron chi connectivity index (χ3n) is 3.48. The molecular weight excluding hydrogens is 397 g/mol. The number of carboxylic acid groups (broad SMARTS) is 1. The quantitative estimate of drug-likeness (QED) is 0.565. The minimum atomic E-state index is -1.48. The predicted molar refractivity (Wildman–Crippen MR) is 88.2 cm³/mol. The van der Waals surface area contributed by atoms with E-state index in [1.807, 2.05) is 0 Å². The molecule has 0 bridgehead atoms. The van der Waals surface area contributed by atoms with Gasteiger partial charge in [-0.15, -0.1) is 11.3 Å². The van der Waals surface area contributed by atoms with Crippen LogP contribution in [-0.2, 0) is 6.61 Å². The molecule has 0 saturated carbocycles. The van der Waals surface area contributed by atoms with Crippen LogP contribution in [0.5, 0.6) is 5.75 Å². The summed E-state index contributed by atoms with van der Waals surface area (Å²) < 4.78 is 33.6. The van der Waals surface area contributed by atoms with Crippen molar-refractivity contribution >= 4 is 44.9 Å². The summed E-state index contributed by atoms with van der Waals surface area (Å²) in [5.41, 5.74) is 4.72. The maximum atomic E-state index is 14.0. The van der Waals surface area contributed by atoms with Crippen LogP contribution in [0.3, 0.4) is 0 Å². The number of benzene rings is 1. The Balaban J connectivity index is 0.00000261. The van der Waals surface area contributed by atoms with E-state index in [2.05, 4.69) is 4.98 Å². The fourth-order valence-corrected chi connectivity index (χ4v) is 3.72. The average molecular weight is 405 g/mol. The van der Waals surface area contributed by atoms with E-state index in [0.29, 0.717) is 10.1 Å². The molecule has 0 spiro atoms. The Bertz CT molecular complexity index is 1040. The molecule has 2 N–H and O–H groups in total. The van der Waals surface area contributed by atoms with E-state index in [-0.39, 0.29) is 39.9 Å². The molecule has 3 aromatic rings. The van der Waals surface area contributed by atoms with E-state index in [9.17, 15) is 23.5 Å². The molecule has 0 radical (unpaired) electrons. The molecule has 0 saturated heterocycles. The Hall–Kier alpha value is -2.18. The summed E-state index contributed by atoms with van der Waals surface area (Å²) in [6.45, 7) is -0.489. The van der Waals surface area contributed by atoms with Gasteiger partial charge in [0.15, 0.2) is 17.4 Å². The number of nitrogens with two attached hydrogens (primary N) is 1. The van der Waals surface area contributed by atoms with E-state index in [1.54, 1.807) is 0 Å². The van der Waals surface area contributed by atoms with E-state index in [1.165, 1.54) is 12.4 Å². The van der Waals surface area contributed by atoms with Gasteiger partial charge in [0.1, 0.15) is 6.61 Å². The number of hydrogen-bond acceptors (Lipinski definition) is 6. The molecule has 1 amide bonds. The smallest absolute Gasteiger partial charge is 0.544 e. The first kappa shape index (κ1) is 21.1. The number of halogens is 3. The van der Waals surface area contributed by atoms with Crippen LogP contribution >= 0.6 is 22.9 Å². The van der Waals surface area contributed by atoms with Gasteiger partial charge in [-0.05, 0) is 12.1 Å². The molecule has 0 aliphatic rings. The topological polar surface area (TPSA) is 105 Å². The van der Waals surface area contributed by atoms with Crippen molar-refractivity contribution in [2.75, 3.05) is 0 Å². The molecule has 3 rings (SSSR count). The number of rotatable bonds is 5. The van der Waals surface area contributed by atoms with Gasteiger partial charge in [0.2, 0.25) is 5.91 Å². The van der Waals surface area contributed by atoms with Gasteiger partial charge in [-0.2, -0.15) is 0 Å². The van der Waals surface area contributed by atoms with Gasteiger partial charge in [-0.1, -0.05) is 11.6 Å². The van der Waals surface area contributed by atoms with Crippen LogP contribution in [0.1, 0.15) is 25.6 Å². The van der Waals surface area contributed by atoms with Crippen LogP contribution < -0.4 is 34.4 Å². The van der Waals surface area contributed by atoms with Crippen molar-refractivity contribution in [1.29, 1.82) is 0 Å². The van der Waals surface area contributed by atoms with Crippen LogP contribution in [0.4, 0.5) is 8.78 Å². The minimum absolute atomic E-state index is 0. The number of nitrogens with zero attached hydrogens (tertiary/aromatic N) is 1. The van der Waals surface area contributed by atoms with Gasteiger partial charge in [-0.25, -0.2) is 8.78 Å². The zero-order valence-corrected chi connectivity index (χ0v) is 15.3. The van der Waals surface area contributed by atoms with Crippen LogP contribution in [0, 0.1) is 11.6 Å². The number of pyridine rings is 1. The molecule has 2 aromatic heterocycles. The zero-order valence-electron chi connectivity index (χ0n) is 13.7. The van der Waals surface area contributed by atoms with Gasteiger partial charge in [0.25, 0.3) is 0 Å². The van der Waals surface area contributed by atoms with Crippen molar-refractivity contribution in [2.45, 2.75) is 6.61 Å². The molecule has 6 nitrogen and oxygen atoms in total. The van der Waals surface area contributed by atoms with Gasteiger partial charge in [0, 0.05) is 28.9 Å². The molecule has 1 aromatic carbocycles. The molecule has 0 aliphatic heterocycles. The first-order valence-electron chi connectivity index (χ1n) is 6.97. The fraction of sp³-hybridized carbons (Fsp3) is 0.0625. The predicted octanol–water partition coefficient (Wildman–Crippen LogP) is -0.727. The molecule has 0 unspecified atom stereocenters. The second kappa shape index (κ2) is 8.23. The summed E-state index contributed by atoms with van der Waals surface area (Å²) in [5.74, 6) is -5.56. The van der Waals surface area contributed by atoms with Gasteiger partial charge < -0.3 is 20.4 Å². The number of aromatic nitrogens is 1. The number of fused-ring (bicyclic) bond motifs is 1. The summed E-state index contributed by atoms with van der Waals surface area (Å²) in [6, 6.07) is 1.45. The largest absolute Gasteiger partial charge is 1.00 e. The standard InChI is InChI=1S/C16H9ClF2N2O4S.Li/c17-8-3-21-4-11-12(8)7(14(26-11)16(23)24)5-25-13-9(18)1-6(15(20)22)2-10(13)19;/h1-4H,5H2,(H2,20,22)(H,23,24);/q;+1/p-1. The number of amides is 1. The number of primary amides is 1. The molecule has 0 fully saturated rings. The number of carboxylic acids is 1. The Labute approximate surface area is 172 Å². The van der Waals surface area contributed by atoms with Crippen molar-refractivity contribution in [3.05, 3.63) is 57.2 Å². The Morgan fingerprint density at radius 1 is 1.26 bits per heavy atom. The number of carbonyl (C=O) groups excluding carboxylic acids is 2. The maximum Gasteiger partial charge on any atom is 1.00 e. The minimum Gasteiger partial charge on any atom is -0.544 e. The molecule has 27 heavy (non-hydrogen) atoms. The van der Waals surface area contributed by atoms with Crippen molar-refractivity contribution < 1.29 is 47.1 Å². The second-order valence-corrected chi connectivity index (χ2v) is 6.57. The van der Waals surface area contributed by atoms with E-state index in [4.69, 9.17) is 22.1 Å². The van der Waals surface area contributed by atoms with Crippen LogP contribution in [0.2, 0.25) is 5.02 Å². The van der Waals surface area contributed by atoms with Crippen molar-refractivity contribution in [3.8, 4) is 5.75 Å². The molecular formula is C16H8ClF2LiN2O4S. The van der Waals surface area contributed by atoms with Gasteiger partial charge in [-0.3, -0.25) is 9.78 Å². The Morgan fingerprint density at radius 2 is 1.89 bits per heavy atom. The fourth-order valence-electron chi connectivity index (χ4n) is 2.36. The number of thiophene rings is 1. The summed E-state index contributed by atoms with van der Waals surface area (Å²) in [4.78, 5) is 26.0. The Kier molecular flexibility index (Phi) is 6.44. The van der Waals surface area contributed by atoms with E-state index < -0.39 is 35.9 Å².